The van der Waals surface area contributed by atoms with Gasteiger partial charge in [0, 0.05) is 0 Å². The van der Waals surface area contributed by atoms with Gasteiger partial charge in [-0.1, -0.05) is 0 Å². The molecule has 0 heterocycles. The van der Waals surface area contributed by atoms with Gasteiger partial charge in [-0.25, -0.2) is 0 Å². The van der Waals surface area contributed by atoms with Crippen LogP contribution in [0.15, 0.2) is 109 Å². The van der Waals surface area contributed by atoms with Crippen LogP contribution in [0.25, 0.3) is 39.5 Å². The van der Waals surface area contributed by atoms with Crippen molar-refractivity contribution in [3.63, 3.8) is 0 Å². The summed E-state index contributed by atoms with van der Waals surface area (Å²) in [4.78, 5) is 0. The van der Waals surface area contributed by atoms with Gasteiger partial charge in [-0.15, -0.1) is 0 Å². The summed E-state index contributed by atoms with van der Waals surface area (Å²) < 4.78 is 2.49. The van der Waals surface area contributed by atoms with Gasteiger partial charge >= 0.3 is 307 Å². The van der Waals surface area contributed by atoms with E-state index in [1.165, 1.54) is 57.3 Å². The molecule has 1 atom stereocenters. The van der Waals surface area contributed by atoms with Crippen molar-refractivity contribution in [3.05, 3.63) is 142 Å². The van der Waals surface area contributed by atoms with Crippen molar-refractivity contribution >= 4 is 15.3 Å². The van der Waals surface area contributed by atoms with E-state index in [1.54, 1.807) is 27.8 Å². The molecule has 1 unspecified atom stereocenters. The van der Waals surface area contributed by atoms with E-state index in [4.69, 9.17) is 0 Å². The Balaban J connectivity index is 1.38. The van der Waals surface area contributed by atoms with E-state index in [1.807, 2.05) is 3.27 Å². The predicted octanol–water partition coefficient (Wildman–Crippen LogP) is 12.4. The van der Waals surface area contributed by atoms with E-state index in [9.17, 15) is 0 Å². The standard InChI is InChI=1S/C24H21.C21H25.C2H7Si.Zr/c1-2-7-18-16-22-10-6-11-23(24(22)17-18)21-14-12-20(13-15-21)19-8-4-3-5-9-19;1-20(2,3)16-7-9-18-14(12-16)11-15-13-17(21(4,5)6)8-10-19(15)18;1-3-2;/h3-6,8-17H,2,7H2,1H3;7-10,12H,11H2,1-6H3;3H,1-2H3;. The Bertz CT molecular complexity index is 2030. The maximum absolute atomic E-state index is 2.70. The number of hydrogen-bond acceptors (Lipinski definition) is 0. The third-order valence-electron chi connectivity index (χ3n) is 11.0. The topological polar surface area (TPSA) is 0 Å². The summed E-state index contributed by atoms with van der Waals surface area (Å²) in [6.07, 6.45) is 6.16. The fourth-order valence-electron chi connectivity index (χ4n) is 8.53. The molecule has 2 aliphatic carbocycles. The molecule has 0 aromatic heterocycles. The van der Waals surface area contributed by atoms with Crippen LogP contribution in [0.1, 0.15) is 98.3 Å². The van der Waals surface area contributed by atoms with Crippen molar-refractivity contribution in [2.45, 2.75) is 95.3 Å². The number of allylic oxidation sites excluding steroid dienone is 1. The van der Waals surface area contributed by atoms with Gasteiger partial charge in [0.25, 0.3) is 0 Å². The SMILES string of the molecule is CCCC1=Cc2c(-c3ccc(-c4ccccc4)cc3)cccc2[CH]1[Zr]([c]1c(C(C)(C)C)ccc2c1Cc1cc(C(C)(C)C)ccc1-2)[SiH](C)C. The normalized spacial score (nSPS) is 15.2. The molecule has 0 amide bonds. The van der Waals surface area contributed by atoms with Crippen LogP contribution < -0.4 is 3.27 Å². The summed E-state index contributed by atoms with van der Waals surface area (Å²) in [5, 5.41) is 0. The quantitative estimate of drug-likeness (QED) is 0.143. The molecule has 0 N–H and O–H groups in total. The van der Waals surface area contributed by atoms with Gasteiger partial charge in [0.1, 0.15) is 0 Å². The monoisotopic (exact) mass is 735 g/mol. The number of hydrogen-bond donors (Lipinski definition) is 0. The first-order chi connectivity index (χ1) is 23.4. The molecule has 0 aliphatic heterocycles. The van der Waals surface area contributed by atoms with Gasteiger partial charge < -0.3 is 0 Å². The van der Waals surface area contributed by atoms with Crippen molar-refractivity contribution in [2.24, 2.45) is 0 Å². The first-order valence-electron chi connectivity index (χ1n) is 18.5. The number of benzene rings is 5. The molecule has 7 rings (SSSR count). The zero-order valence-electron chi connectivity index (χ0n) is 31.2. The van der Waals surface area contributed by atoms with Crippen LogP contribution in [-0.2, 0) is 38.2 Å². The van der Waals surface area contributed by atoms with Crippen LogP contribution in [0.5, 0.6) is 0 Å². The van der Waals surface area contributed by atoms with Crippen LogP contribution >= 0.6 is 0 Å². The number of rotatable bonds is 7. The van der Waals surface area contributed by atoms with E-state index in [0.29, 0.717) is 3.63 Å². The molecule has 2 aliphatic rings. The fraction of sp³-hybridized carbons (Fsp3) is 0.319. The van der Waals surface area contributed by atoms with Gasteiger partial charge in [0.15, 0.2) is 0 Å². The van der Waals surface area contributed by atoms with Crippen LogP contribution in [-0.4, -0.2) is 5.92 Å². The van der Waals surface area contributed by atoms with Crippen LogP contribution in [0.4, 0.5) is 0 Å². The molecule has 0 bridgehead atoms. The maximum atomic E-state index is 2.70. The molecule has 0 saturated carbocycles. The van der Waals surface area contributed by atoms with E-state index >= 15 is 0 Å². The van der Waals surface area contributed by atoms with Gasteiger partial charge in [-0.2, -0.15) is 0 Å². The van der Waals surface area contributed by atoms with Gasteiger partial charge in [-0.3, -0.25) is 0 Å². The Hall–Kier alpha value is -3.06. The molecule has 0 saturated heterocycles. The van der Waals surface area contributed by atoms with Gasteiger partial charge in [-0.05, 0) is 0 Å². The first kappa shape index (κ1) is 34.4. The molecule has 249 valence electrons. The molecule has 0 nitrogen and oxygen atoms in total. The van der Waals surface area contributed by atoms with Gasteiger partial charge in [0.05, 0.1) is 0 Å². The Morgan fingerprint density at radius 1 is 0.673 bits per heavy atom. The second-order valence-corrected chi connectivity index (χ2v) is 36.2. The second kappa shape index (κ2) is 13.2. The minimum absolute atomic E-state index is 0.114. The molecule has 5 aromatic carbocycles. The Morgan fingerprint density at radius 3 is 2.00 bits per heavy atom. The summed E-state index contributed by atoms with van der Waals surface area (Å²) in [7, 11) is 0. The zero-order chi connectivity index (χ0) is 34.7. The van der Waals surface area contributed by atoms with Gasteiger partial charge in [0.2, 0.25) is 0 Å². The summed E-state index contributed by atoms with van der Waals surface area (Å²) in [5.74, 6) is -1.03. The zero-order valence-corrected chi connectivity index (χ0v) is 34.8. The Kier molecular flexibility index (Phi) is 9.30. The van der Waals surface area contributed by atoms with Crippen molar-refractivity contribution in [1.29, 1.82) is 0 Å². The predicted molar refractivity (Wildman–Crippen MR) is 214 cm³/mol. The van der Waals surface area contributed by atoms with Crippen LogP contribution in [0, 0.1) is 0 Å². The van der Waals surface area contributed by atoms with Crippen LogP contribution in [0.2, 0.25) is 13.1 Å². The second-order valence-electron chi connectivity index (χ2n) is 16.8. The molecule has 5 aromatic rings. The van der Waals surface area contributed by atoms with Crippen molar-refractivity contribution in [2.75, 3.05) is 0 Å². The third kappa shape index (κ3) is 6.38. The Morgan fingerprint density at radius 2 is 1.35 bits per heavy atom. The molecular weight excluding hydrogens is 684 g/mol. The summed E-state index contributed by atoms with van der Waals surface area (Å²) in [5.41, 5.74) is 19.8. The molecular formula is C47H53SiZr. The van der Waals surface area contributed by atoms with Crippen molar-refractivity contribution in [3.8, 4) is 33.4 Å². The molecule has 0 fully saturated rings. The molecule has 2 heteroatoms. The van der Waals surface area contributed by atoms with Crippen molar-refractivity contribution in [1.82, 2.24) is 0 Å². The van der Waals surface area contributed by atoms with Crippen molar-refractivity contribution < 1.29 is 20.9 Å². The molecule has 0 spiro atoms. The summed E-state index contributed by atoms with van der Waals surface area (Å²) in [6, 6.07) is 39.7. The van der Waals surface area contributed by atoms with E-state index in [2.05, 4.69) is 171 Å². The minimum atomic E-state index is -2.34. The van der Waals surface area contributed by atoms with E-state index < -0.39 is 26.8 Å². The molecule has 49 heavy (non-hydrogen) atoms. The fourth-order valence-corrected chi connectivity index (χ4v) is 30.2. The Labute approximate surface area is 305 Å². The third-order valence-corrected chi connectivity index (χ3v) is 31.1. The summed E-state index contributed by atoms with van der Waals surface area (Å²) >= 11 is -2.34. The average molecular weight is 737 g/mol. The average Bonchev–Trinajstić information content (AvgIpc) is 3.62. The van der Waals surface area contributed by atoms with E-state index in [0.717, 1.165) is 6.42 Å². The molecule has 0 radical (unpaired) electrons. The van der Waals surface area contributed by atoms with E-state index in [-0.39, 0.29) is 10.8 Å². The number of fused-ring (bicyclic) bond motifs is 4. The first-order valence-corrected chi connectivity index (χ1v) is 28.3. The van der Waals surface area contributed by atoms with Crippen LogP contribution in [0.3, 0.4) is 0 Å². The summed E-state index contributed by atoms with van der Waals surface area (Å²) in [6.45, 7) is 22.2.